The van der Waals surface area contributed by atoms with Gasteiger partial charge in [0.2, 0.25) is 0 Å². The summed E-state index contributed by atoms with van der Waals surface area (Å²) in [7, 11) is 1.54. The third kappa shape index (κ3) is 4.25. The predicted octanol–water partition coefficient (Wildman–Crippen LogP) is 1.48. The van der Waals surface area contributed by atoms with Crippen LogP contribution >= 0.6 is 0 Å². The van der Waals surface area contributed by atoms with Crippen molar-refractivity contribution in [2.75, 3.05) is 20.7 Å². The first kappa shape index (κ1) is 16.4. The maximum atomic E-state index is 11.7. The average Bonchev–Trinajstić information content (AvgIpc) is 2.55. The first-order chi connectivity index (χ1) is 10.8. The van der Waals surface area contributed by atoms with E-state index in [4.69, 9.17) is 19.3 Å². The Hall–Kier alpha value is -1.99. The molecule has 0 amide bonds. The molecule has 1 heterocycles. The van der Waals surface area contributed by atoms with E-state index in [9.17, 15) is 4.79 Å². The SMILES string of the molecule is COCOC(c1ccccc1)c1cc(=O)ccn1COCO. The van der Waals surface area contributed by atoms with Crippen molar-refractivity contribution in [2.24, 2.45) is 0 Å². The zero-order valence-corrected chi connectivity index (χ0v) is 12.3. The van der Waals surface area contributed by atoms with Gasteiger partial charge in [0.05, 0.1) is 5.69 Å². The first-order valence-electron chi connectivity index (χ1n) is 6.80. The van der Waals surface area contributed by atoms with E-state index >= 15 is 0 Å². The zero-order chi connectivity index (χ0) is 15.8. The van der Waals surface area contributed by atoms with Crippen LogP contribution < -0.4 is 5.43 Å². The van der Waals surface area contributed by atoms with Gasteiger partial charge in [0.25, 0.3) is 0 Å². The Morgan fingerprint density at radius 2 is 2.00 bits per heavy atom. The van der Waals surface area contributed by atoms with E-state index < -0.39 is 12.9 Å². The number of ether oxygens (including phenoxy) is 3. The Kier molecular flexibility index (Phi) is 6.29. The number of aliphatic hydroxyl groups excluding tert-OH is 1. The van der Waals surface area contributed by atoms with Crippen molar-refractivity contribution in [1.29, 1.82) is 0 Å². The van der Waals surface area contributed by atoms with Gasteiger partial charge < -0.3 is 23.9 Å². The Labute approximate surface area is 128 Å². The first-order valence-corrected chi connectivity index (χ1v) is 6.80. The molecular formula is C16H19NO5. The van der Waals surface area contributed by atoms with Crippen LogP contribution in [0.2, 0.25) is 0 Å². The van der Waals surface area contributed by atoms with Crippen molar-refractivity contribution in [3.63, 3.8) is 0 Å². The van der Waals surface area contributed by atoms with Gasteiger partial charge in [-0.3, -0.25) is 4.79 Å². The van der Waals surface area contributed by atoms with Crippen molar-refractivity contribution in [2.45, 2.75) is 12.8 Å². The second-order valence-corrected chi connectivity index (χ2v) is 4.58. The van der Waals surface area contributed by atoms with E-state index in [1.54, 1.807) is 10.8 Å². The second-order valence-electron chi connectivity index (χ2n) is 4.58. The fourth-order valence-electron chi connectivity index (χ4n) is 2.13. The van der Waals surface area contributed by atoms with Gasteiger partial charge in [0.15, 0.2) is 5.43 Å². The minimum atomic E-state index is -0.475. The molecule has 6 heteroatoms. The van der Waals surface area contributed by atoms with Gasteiger partial charge >= 0.3 is 0 Å². The van der Waals surface area contributed by atoms with Gasteiger partial charge in [-0.05, 0) is 5.56 Å². The van der Waals surface area contributed by atoms with Crippen LogP contribution in [0.1, 0.15) is 17.4 Å². The van der Waals surface area contributed by atoms with Gasteiger partial charge in [0, 0.05) is 25.4 Å². The van der Waals surface area contributed by atoms with Crippen molar-refractivity contribution < 1.29 is 19.3 Å². The van der Waals surface area contributed by atoms with Crippen LogP contribution in [0.5, 0.6) is 0 Å². The summed E-state index contributed by atoms with van der Waals surface area (Å²) >= 11 is 0. The van der Waals surface area contributed by atoms with Gasteiger partial charge in [0.1, 0.15) is 26.4 Å². The fourth-order valence-corrected chi connectivity index (χ4v) is 2.13. The molecule has 0 aliphatic heterocycles. The molecule has 118 valence electrons. The Morgan fingerprint density at radius 1 is 1.23 bits per heavy atom. The summed E-state index contributed by atoms with van der Waals surface area (Å²) in [6.07, 6.45) is 1.14. The molecule has 2 aromatic rings. The van der Waals surface area contributed by atoms with Crippen LogP contribution in [0.15, 0.2) is 53.5 Å². The Bertz CT molecular complexity index is 626. The molecule has 2 rings (SSSR count). The number of hydrogen-bond donors (Lipinski definition) is 1. The molecule has 1 unspecified atom stereocenters. The molecule has 22 heavy (non-hydrogen) atoms. The van der Waals surface area contributed by atoms with E-state index in [2.05, 4.69) is 0 Å². The molecule has 1 N–H and O–H groups in total. The molecule has 0 fully saturated rings. The summed E-state index contributed by atoms with van der Waals surface area (Å²) in [5.74, 6) is 0. The van der Waals surface area contributed by atoms with Crippen LogP contribution in [0.4, 0.5) is 0 Å². The standard InChI is InChI=1S/C16H19NO5/c1-20-12-22-16(13-5-3-2-4-6-13)15-9-14(19)7-8-17(15)10-21-11-18/h2-9,16,18H,10-12H2,1H3. The largest absolute Gasteiger partial charge is 0.371 e. The Balaban J connectivity index is 2.41. The maximum Gasteiger partial charge on any atom is 0.181 e. The number of aromatic nitrogens is 1. The molecule has 6 nitrogen and oxygen atoms in total. The molecular weight excluding hydrogens is 286 g/mol. The number of nitrogens with zero attached hydrogens (tertiary/aromatic N) is 1. The molecule has 0 bridgehead atoms. The maximum absolute atomic E-state index is 11.7. The van der Waals surface area contributed by atoms with Gasteiger partial charge in [-0.1, -0.05) is 30.3 Å². The molecule has 0 radical (unpaired) electrons. The molecule has 1 atom stereocenters. The van der Waals surface area contributed by atoms with Crippen molar-refractivity contribution in [1.82, 2.24) is 4.57 Å². The minimum Gasteiger partial charge on any atom is -0.371 e. The number of rotatable bonds is 8. The topological polar surface area (TPSA) is 69.9 Å². The van der Waals surface area contributed by atoms with Gasteiger partial charge in [-0.25, -0.2) is 0 Å². The summed E-state index contributed by atoms with van der Waals surface area (Å²) in [6.45, 7) is -0.199. The fraction of sp³-hybridized carbons (Fsp3) is 0.312. The van der Waals surface area contributed by atoms with Crippen LogP contribution in [0.25, 0.3) is 0 Å². The van der Waals surface area contributed by atoms with Gasteiger partial charge in [-0.15, -0.1) is 0 Å². The predicted molar refractivity (Wildman–Crippen MR) is 80.1 cm³/mol. The molecule has 1 aromatic carbocycles. The molecule has 0 spiro atoms. The number of methoxy groups -OCH3 is 1. The van der Waals surface area contributed by atoms with Crippen LogP contribution in [-0.4, -0.2) is 30.4 Å². The highest BCUT2D eigenvalue weighted by Crippen LogP contribution is 2.25. The van der Waals surface area contributed by atoms with Gasteiger partial charge in [-0.2, -0.15) is 0 Å². The second kappa shape index (κ2) is 8.45. The lowest BCUT2D eigenvalue weighted by molar-refractivity contribution is -0.0676. The van der Waals surface area contributed by atoms with Crippen LogP contribution in [0, 0.1) is 0 Å². The van der Waals surface area contributed by atoms with E-state index in [1.807, 2.05) is 30.3 Å². The number of aliphatic hydroxyl groups is 1. The quantitative estimate of drug-likeness (QED) is 0.748. The van der Waals surface area contributed by atoms with Crippen molar-refractivity contribution >= 4 is 0 Å². The molecule has 0 saturated carbocycles. The number of pyridine rings is 1. The van der Waals surface area contributed by atoms with E-state index in [-0.39, 0.29) is 19.0 Å². The summed E-state index contributed by atoms with van der Waals surface area (Å²) in [5.41, 5.74) is 1.39. The minimum absolute atomic E-state index is 0.0868. The molecule has 0 aliphatic carbocycles. The summed E-state index contributed by atoms with van der Waals surface area (Å²) in [6, 6.07) is 12.5. The molecule has 0 aliphatic rings. The summed E-state index contributed by atoms with van der Waals surface area (Å²) < 4.78 is 17.5. The van der Waals surface area contributed by atoms with E-state index in [1.165, 1.54) is 19.2 Å². The highest BCUT2D eigenvalue weighted by atomic mass is 16.7. The normalized spacial score (nSPS) is 12.3. The number of benzene rings is 1. The van der Waals surface area contributed by atoms with E-state index in [0.29, 0.717) is 5.69 Å². The summed E-state index contributed by atoms with van der Waals surface area (Å²) in [4.78, 5) is 11.7. The van der Waals surface area contributed by atoms with Crippen LogP contribution in [-0.2, 0) is 20.9 Å². The highest BCUT2D eigenvalue weighted by molar-refractivity contribution is 5.26. The lowest BCUT2D eigenvalue weighted by atomic mass is 10.1. The Morgan fingerprint density at radius 3 is 2.68 bits per heavy atom. The third-order valence-electron chi connectivity index (χ3n) is 3.09. The lowest BCUT2D eigenvalue weighted by Gasteiger charge is -2.22. The summed E-state index contributed by atoms with van der Waals surface area (Å²) in [5, 5.41) is 8.82. The molecule has 0 saturated heterocycles. The van der Waals surface area contributed by atoms with Crippen LogP contribution in [0.3, 0.4) is 0 Å². The zero-order valence-electron chi connectivity index (χ0n) is 12.3. The third-order valence-corrected chi connectivity index (χ3v) is 3.09. The monoisotopic (exact) mass is 305 g/mol. The highest BCUT2D eigenvalue weighted by Gasteiger charge is 2.18. The smallest absolute Gasteiger partial charge is 0.181 e. The van der Waals surface area contributed by atoms with Crippen molar-refractivity contribution in [3.05, 3.63) is 70.1 Å². The van der Waals surface area contributed by atoms with E-state index in [0.717, 1.165) is 5.56 Å². The average molecular weight is 305 g/mol. The number of hydrogen-bond acceptors (Lipinski definition) is 5. The van der Waals surface area contributed by atoms with Crippen molar-refractivity contribution in [3.8, 4) is 0 Å². The molecule has 1 aromatic heterocycles. The lowest BCUT2D eigenvalue weighted by Crippen LogP contribution is -2.19.